The molecule has 144 valence electrons. The first-order valence-electron chi connectivity index (χ1n) is 9.11. The van der Waals surface area contributed by atoms with Crippen molar-refractivity contribution >= 4 is 29.9 Å². The van der Waals surface area contributed by atoms with Crippen LogP contribution in [-0.4, -0.2) is 54.0 Å². The molecular formula is C18H34IN5O. The molecule has 0 aromatic carbocycles. The Labute approximate surface area is 169 Å². The van der Waals surface area contributed by atoms with Gasteiger partial charge in [-0.1, -0.05) is 6.92 Å². The van der Waals surface area contributed by atoms with Gasteiger partial charge in [-0.3, -0.25) is 4.68 Å². The molecule has 0 unspecified atom stereocenters. The van der Waals surface area contributed by atoms with E-state index in [1.807, 2.05) is 4.68 Å². The summed E-state index contributed by atoms with van der Waals surface area (Å²) in [5, 5.41) is 8.07. The molecule has 0 atom stereocenters. The molecule has 0 bridgehead atoms. The minimum atomic E-state index is 0. The van der Waals surface area contributed by atoms with Crippen molar-refractivity contribution in [2.75, 3.05) is 33.4 Å². The van der Waals surface area contributed by atoms with E-state index in [1.54, 1.807) is 7.11 Å². The van der Waals surface area contributed by atoms with E-state index in [0.29, 0.717) is 13.2 Å². The van der Waals surface area contributed by atoms with Crippen molar-refractivity contribution < 1.29 is 4.74 Å². The van der Waals surface area contributed by atoms with Gasteiger partial charge in [0.25, 0.3) is 0 Å². The summed E-state index contributed by atoms with van der Waals surface area (Å²) >= 11 is 0. The second-order valence-electron chi connectivity index (χ2n) is 6.71. The summed E-state index contributed by atoms with van der Waals surface area (Å²) in [4.78, 5) is 7.29. The van der Waals surface area contributed by atoms with Crippen LogP contribution in [0.1, 0.15) is 43.6 Å². The van der Waals surface area contributed by atoms with Crippen LogP contribution >= 0.6 is 24.0 Å². The number of methoxy groups -OCH3 is 1. The Morgan fingerprint density at radius 2 is 2.00 bits per heavy atom. The molecule has 0 radical (unpaired) electrons. The smallest absolute Gasteiger partial charge is 0.194 e. The van der Waals surface area contributed by atoms with Crippen LogP contribution in [0.3, 0.4) is 0 Å². The summed E-state index contributed by atoms with van der Waals surface area (Å²) in [7, 11) is 1.72. The molecule has 1 aliphatic heterocycles. The minimum absolute atomic E-state index is 0. The average Bonchev–Trinajstić information content (AvgIpc) is 2.84. The minimum Gasteiger partial charge on any atom is -0.383 e. The van der Waals surface area contributed by atoms with Gasteiger partial charge in [-0.05, 0) is 39.5 Å². The molecule has 2 heterocycles. The number of rotatable bonds is 6. The molecule has 0 amide bonds. The molecule has 2 rings (SSSR count). The summed E-state index contributed by atoms with van der Waals surface area (Å²) in [6.45, 7) is 13.9. The van der Waals surface area contributed by atoms with Crippen molar-refractivity contribution in [3.8, 4) is 0 Å². The van der Waals surface area contributed by atoms with Gasteiger partial charge in [0.15, 0.2) is 5.96 Å². The summed E-state index contributed by atoms with van der Waals surface area (Å²) < 4.78 is 7.19. The van der Waals surface area contributed by atoms with E-state index >= 15 is 0 Å². The van der Waals surface area contributed by atoms with Crippen LogP contribution in [-0.2, 0) is 17.8 Å². The van der Waals surface area contributed by atoms with E-state index in [-0.39, 0.29) is 24.0 Å². The lowest BCUT2D eigenvalue weighted by Crippen LogP contribution is -2.45. The van der Waals surface area contributed by atoms with Gasteiger partial charge < -0.3 is 15.0 Å². The summed E-state index contributed by atoms with van der Waals surface area (Å²) in [6.07, 6.45) is 2.49. The fourth-order valence-corrected chi connectivity index (χ4v) is 3.16. The molecule has 25 heavy (non-hydrogen) atoms. The molecule has 0 spiro atoms. The highest BCUT2D eigenvalue weighted by Gasteiger charge is 2.19. The van der Waals surface area contributed by atoms with E-state index in [2.05, 4.69) is 43.0 Å². The van der Waals surface area contributed by atoms with E-state index in [9.17, 15) is 0 Å². The first kappa shape index (κ1) is 22.2. The monoisotopic (exact) mass is 463 g/mol. The maximum Gasteiger partial charge on any atom is 0.194 e. The van der Waals surface area contributed by atoms with Gasteiger partial charge in [-0.2, -0.15) is 5.10 Å². The van der Waals surface area contributed by atoms with E-state index < -0.39 is 0 Å². The zero-order chi connectivity index (χ0) is 17.5. The van der Waals surface area contributed by atoms with Gasteiger partial charge in [-0.25, -0.2) is 4.99 Å². The summed E-state index contributed by atoms with van der Waals surface area (Å²) in [5.41, 5.74) is 3.48. The average molecular weight is 463 g/mol. The third kappa shape index (κ3) is 6.13. The van der Waals surface area contributed by atoms with Crippen LogP contribution in [0.15, 0.2) is 4.99 Å². The zero-order valence-electron chi connectivity index (χ0n) is 16.3. The van der Waals surface area contributed by atoms with Crippen LogP contribution in [0.2, 0.25) is 0 Å². The quantitative estimate of drug-likeness (QED) is 0.401. The molecule has 1 N–H and O–H groups in total. The molecular weight excluding hydrogens is 429 g/mol. The van der Waals surface area contributed by atoms with Crippen molar-refractivity contribution in [3.05, 3.63) is 17.0 Å². The number of guanidine groups is 1. The van der Waals surface area contributed by atoms with Crippen LogP contribution in [0.25, 0.3) is 0 Å². The number of aryl methyl sites for hydroxylation is 1. The second kappa shape index (κ2) is 11.0. The van der Waals surface area contributed by atoms with Crippen molar-refractivity contribution in [2.45, 2.75) is 53.6 Å². The molecule has 1 aliphatic rings. The van der Waals surface area contributed by atoms with Gasteiger partial charge in [0.1, 0.15) is 0 Å². The Morgan fingerprint density at radius 3 is 2.60 bits per heavy atom. The Kier molecular flexibility index (Phi) is 9.78. The fraction of sp³-hybridized carbons (Fsp3) is 0.778. The number of piperidine rings is 1. The number of likely N-dealkylation sites (tertiary alicyclic amines) is 1. The van der Waals surface area contributed by atoms with Crippen molar-refractivity contribution in [1.29, 1.82) is 0 Å². The van der Waals surface area contributed by atoms with Gasteiger partial charge in [0.2, 0.25) is 0 Å². The Bertz CT molecular complexity index is 550. The number of aliphatic imine (C=N–C) groups is 1. The lowest BCUT2D eigenvalue weighted by Gasteiger charge is -2.33. The Morgan fingerprint density at radius 1 is 1.32 bits per heavy atom. The highest BCUT2D eigenvalue weighted by molar-refractivity contribution is 14.0. The molecule has 1 fully saturated rings. The SMILES string of the molecule is CCNC(=NCc1c(C)nn(CCOC)c1C)N1CCC(C)CC1.I. The number of hydrogen-bond donors (Lipinski definition) is 1. The molecule has 1 aromatic heterocycles. The van der Waals surface area contributed by atoms with Crippen LogP contribution in [0.4, 0.5) is 0 Å². The third-order valence-corrected chi connectivity index (χ3v) is 4.84. The van der Waals surface area contributed by atoms with Gasteiger partial charge in [0.05, 0.1) is 25.4 Å². The molecule has 6 nitrogen and oxygen atoms in total. The van der Waals surface area contributed by atoms with E-state index in [1.165, 1.54) is 24.1 Å². The first-order valence-corrected chi connectivity index (χ1v) is 9.11. The zero-order valence-corrected chi connectivity index (χ0v) is 18.7. The number of nitrogens with one attached hydrogen (secondary N) is 1. The highest BCUT2D eigenvalue weighted by atomic mass is 127. The Balaban J connectivity index is 0.00000312. The molecule has 0 saturated carbocycles. The van der Waals surface area contributed by atoms with Crippen LogP contribution in [0.5, 0.6) is 0 Å². The molecule has 1 saturated heterocycles. The maximum absolute atomic E-state index is 5.16. The van der Waals surface area contributed by atoms with Crippen molar-refractivity contribution in [1.82, 2.24) is 20.0 Å². The first-order chi connectivity index (χ1) is 11.6. The van der Waals surface area contributed by atoms with Crippen LogP contribution < -0.4 is 5.32 Å². The number of halogens is 1. The highest BCUT2D eigenvalue weighted by Crippen LogP contribution is 2.17. The molecule has 7 heteroatoms. The summed E-state index contributed by atoms with van der Waals surface area (Å²) in [6, 6.07) is 0. The standard InChI is InChI=1S/C18H33N5O.HI/c1-6-19-18(22-9-7-14(2)8-10-22)20-13-17-15(3)21-23(16(17)4)11-12-24-5;/h14H,6-13H2,1-5H3,(H,19,20);1H. The largest absolute Gasteiger partial charge is 0.383 e. The van der Waals surface area contributed by atoms with Crippen molar-refractivity contribution in [3.63, 3.8) is 0 Å². The predicted molar refractivity (Wildman–Crippen MR) is 114 cm³/mol. The molecule has 1 aromatic rings. The summed E-state index contributed by atoms with van der Waals surface area (Å²) in [5.74, 6) is 1.86. The second-order valence-corrected chi connectivity index (χ2v) is 6.71. The van der Waals surface area contributed by atoms with Gasteiger partial charge in [-0.15, -0.1) is 24.0 Å². The lowest BCUT2D eigenvalue weighted by atomic mass is 10.00. The molecule has 0 aliphatic carbocycles. The van der Waals surface area contributed by atoms with E-state index in [4.69, 9.17) is 9.73 Å². The number of hydrogen-bond acceptors (Lipinski definition) is 3. The van der Waals surface area contributed by atoms with Gasteiger partial charge >= 0.3 is 0 Å². The maximum atomic E-state index is 5.16. The van der Waals surface area contributed by atoms with Crippen molar-refractivity contribution in [2.24, 2.45) is 10.9 Å². The van der Waals surface area contributed by atoms with Gasteiger partial charge in [0, 0.05) is 38.0 Å². The van der Waals surface area contributed by atoms with E-state index in [0.717, 1.165) is 43.8 Å². The third-order valence-electron chi connectivity index (χ3n) is 4.84. The lowest BCUT2D eigenvalue weighted by molar-refractivity contribution is 0.182. The predicted octanol–water partition coefficient (Wildman–Crippen LogP) is 2.96. The Hall–Kier alpha value is -0.830. The number of ether oxygens (including phenoxy) is 1. The normalized spacial score (nSPS) is 16.0. The number of nitrogens with zero attached hydrogens (tertiary/aromatic N) is 4. The number of aromatic nitrogens is 2. The van der Waals surface area contributed by atoms with Crippen LogP contribution in [0, 0.1) is 19.8 Å². The topological polar surface area (TPSA) is 54.7 Å². The fourth-order valence-electron chi connectivity index (χ4n) is 3.16.